The van der Waals surface area contributed by atoms with Crippen molar-refractivity contribution in [3.8, 4) is 17.3 Å². The Morgan fingerprint density at radius 3 is 2.63 bits per heavy atom. The van der Waals surface area contributed by atoms with Crippen molar-refractivity contribution in [1.29, 1.82) is 0 Å². The summed E-state index contributed by atoms with van der Waals surface area (Å²) in [6.07, 6.45) is 1.55. The number of rotatable bonds is 7. The lowest BCUT2D eigenvalue weighted by atomic mass is 10.2. The third kappa shape index (κ3) is 6.43. The molecule has 2 aromatic heterocycles. The van der Waals surface area contributed by atoms with E-state index in [1.54, 1.807) is 54.7 Å². The summed E-state index contributed by atoms with van der Waals surface area (Å²) in [5.74, 6) is 0.240. The Kier molecular flexibility index (Phi) is 8.45. The molecule has 0 saturated carbocycles. The summed E-state index contributed by atoms with van der Waals surface area (Å²) in [5, 5.41) is 8.86. The highest BCUT2D eigenvalue weighted by Gasteiger charge is 2.17. The van der Waals surface area contributed by atoms with Crippen LogP contribution in [0.5, 0.6) is 5.75 Å². The van der Waals surface area contributed by atoms with E-state index in [2.05, 4.69) is 55.6 Å². The fourth-order valence-electron chi connectivity index (χ4n) is 4.33. The van der Waals surface area contributed by atoms with Crippen LogP contribution < -0.4 is 15.6 Å². The number of para-hydroxylation sites is 1. The monoisotopic (exact) mass is 818 g/mol. The van der Waals surface area contributed by atoms with Gasteiger partial charge >= 0.3 is 0 Å². The summed E-state index contributed by atoms with van der Waals surface area (Å²) < 4.78 is 27.9. The van der Waals surface area contributed by atoms with Crippen LogP contribution in [-0.4, -0.2) is 28.4 Å². The molecule has 0 unspecified atom stereocenters. The Morgan fingerprint density at radius 2 is 1.84 bits per heavy atom. The second kappa shape index (κ2) is 12.4. The van der Waals surface area contributed by atoms with Crippen LogP contribution in [0, 0.1) is 13.0 Å². The number of furan rings is 1. The van der Waals surface area contributed by atoms with E-state index in [1.807, 2.05) is 18.2 Å². The molecule has 0 spiro atoms. The first-order valence-electron chi connectivity index (χ1n) is 12.7. The third-order valence-electron chi connectivity index (χ3n) is 6.25. The zero-order chi connectivity index (χ0) is 30.1. The highest BCUT2D eigenvalue weighted by atomic mass is 127. The molecule has 6 aromatic rings. The number of amides is 1. The van der Waals surface area contributed by atoms with Gasteiger partial charge in [-0.15, -0.1) is 0 Å². The highest BCUT2D eigenvalue weighted by molar-refractivity contribution is 14.1. The minimum absolute atomic E-state index is 0.237. The van der Waals surface area contributed by atoms with E-state index in [0.29, 0.717) is 44.3 Å². The molecular formula is C31H18ClFI2N4O4. The molecule has 0 aliphatic heterocycles. The first kappa shape index (κ1) is 29.3. The average molecular weight is 819 g/mol. The average Bonchev–Trinajstić information content (AvgIpc) is 3.39. The molecule has 0 aliphatic carbocycles. The van der Waals surface area contributed by atoms with Gasteiger partial charge < -0.3 is 14.5 Å². The van der Waals surface area contributed by atoms with E-state index < -0.39 is 11.7 Å². The second-order valence-electron chi connectivity index (χ2n) is 9.27. The first-order chi connectivity index (χ1) is 20.7. The van der Waals surface area contributed by atoms with Gasteiger partial charge in [0.1, 0.15) is 17.1 Å². The number of nitrogens with zero attached hydrogens (tertiary/aromatic N) is 3. The summed E-state index contributed by atoms with van der Waals surface area (Å²) in [4.78, 5) is 30.6. The number of hydrogen-bond donors (Lipinski definition) is 1. The van der Waals surface area contributed by atoms with E-state index in [0.717, 1.165) is 12.5 Å². The topological polar surface area (TPSA) is 98.7 Å². The molecule has 6 rings (SSSR count). The van der Waals surface area contributed by atoms with Crippen molar-refractivity contribution in [1.82, 2.24) is 9.66 Å². The number of aromatic nitrogens is 2. The Balaban J connectivity index is 1.30. The fraction of sp³-hybridized carbons (Fsp3) is 0.0323. The molecule has 12 heteroatoms. The Morgan fingerprint density at radius 1 is 1.05 bits per heavy atom. The molecule has 4 aromatic carbocycles. The van der Waals surface area contributed by atoms with E-state index in [-0.39, 0.29) is 18.0 Å². The number of nitrogens with one attached hydrogen (secondary N) is 1. The van der Waals surface area contributed by atoms with Gasteiger partial charge in [-0.1, -0.05) is 29.8 Å². The predicted molar refractivity (Wildman–Crippen MR) is 182 cm³/mol. The zero-order valence-electron chi connectivity index (χ0n) is 21.9. The van der Waals surface area contributed by atoms with Crippen LogP contribution in [0.2, 0.25) is 5.02 Å². The number of anilines is 1. The van der Waals surface area contributed by atoms with Crippen LogP contribution in [0.1, 0.15) is 5.56 Å². The number of fused-ring (bicyclic) bond motifs is 2. The number of carbonyl (C=O) groups excluding carboxylic acids is 1. The molecule has 0 fully saturated rings. The van der Waals surface area contributed by atoms with Gasteiger partial charge in [-0.2, -0.15) is 9.78 Å². The molecule has 0 bridgehead atoms. The van der Waals surface area contributed by atoms with E-state index in [4.69, 9.17) is 25.7 Å². The van der Waals surface area contributed by atoms with Crippen molar-refractivity contribution >= 4 is 96.5 Å². The molecule has 0 radical (unpaired) electrons. The number of carbonyl (C=O) groups is 1. The van der Waals surface area contributed by atoms with Gasteiger partial charge in [0.15, 0.2) is 12.4 Å². The SMILES string of the molecule is O=C(COc1c(I)cc(C=Nn2c(-c3cc4cc(Cl)ccc4o3)nc3ccccc3c2=O)cc1I)Nc1cccc(F)c1. The summed E-state index contributed by atoms with van der Waals surface area (Å²) in [7, 11) is 0. The molecule has 1 N–H and O–H groups in total. The molecule has 1 amide bonds. The molecule has 2 heterocycles. The Bertz CT molecular complexity index is 2110. The van der Waals surface area contributed by atoms with Crippen LogP contribution in [0.25, 0.3) is 33.5 Å². The van der Waals surface area contributed by atoms with Crippen molar-refractivity contribution in [3.05, 3.63) is 119 Å². The standard InChI is InChI=1S/C31H18ClFI2N4O4/c32-19-8-9-26-18(12-19)13-27(43-26)30-38-25-7-2-1-6-22(25)31(41)39(30)36-15-17-10-23(34)29(24(35)11-17)42-16-28(40)37-21-5-3-4-20(33)14-21/h1-15H,16H2,(H,37,40). The second-order valence-corrected chi connectivity index (χ2v) is 12.0. The van der Waals surface area contributed by atoms with Crippen LogP contribution in [0.4, 0.5) is 10.1 Å². The van der Waals surface area contributed by atoms with Crippen molar-refractivity contribution in [2.75, 3.05) is 11.9 Å². The number of ether oxygens (including phenoxy) is 1. The lowest BCUT2D eigenvalue weighted by Crippen LogP contribution is -2.21. The van der Waals surface area contributed by atoms with Crippen molar-refractivity contribution < 1.29 is 18.3 Å². The summed E-state index contributed by atoms with van der Waals surface area (Å²) in [5.41, 5.74) is 1.78. The lowest BCUT2D eigenvalue weighted by molar-refractivity contribution is -0.118. The first-order valence-corrected chi connectivity index (χ1v) is 15.2. The molecule has 0 aliphatic rings. The summed E-state index contributed by atoms with van der Waals surface area (Å²) >= 11 is 10.4. The summed E-state index contributed by atoms with van der Waals surface area (Å²) in [6, 6.07) is 23.3. The number of hydrogen-bond acceptors (Lipinski definition) is 6. The van der Waals surface area contributed by atoms with Crippen LogP contribution in [-0.2, 0) is 4.79 Å². The molecule has 214 valence electrons. The summed E-state index contributed by atoms with van der Waals surface area (Å²) in [6.45, 7) is -0.264. The molecular weight excluding hydrogens is 801 g/mol. The normalized spacial score (nSPS) is 11.4. The highest BCUT2D eigenvalue weighted by Crippen LogP contribution is 2.30. The fourth-order valence-corrected chi connectivity index (χ4v) is 6.64. The maximum Gasteiger partial charge on any atom is 0.282 e. The van der Waals surface area contributed by atoms with Gasteiger partial charge in [-0.3, -0.25) is 9.59 Å². The van der Waals surface area contributed by atoms with Gasteiger partial charge in [0.25, 0.3) is 11.5 Å². The van der Waals surface area contributed by atoms with Gasteiger partial charge in [0.05, 0.1) is 24.3 Å². The largest absolute Gasteiger partial charge is 0.482 e. The minimum Gasteiger partial charge on any atom is -0.482 e. The zero-order valence-corrected chi connectivity index (χ0v) is 26.9. The minimum atomic E-state index is -0.448. The van der Waals surface area contributed by atoms with Gasteiger partial charge in [0, 0.05) is 16.1 Å². The Hall–Kier alpha value is -3.82. The Labute approximate surface area is 275 Å². The predicted octanol–water partition coefficient (Wildman–Crippen LogP) is 7.71. The lowest BCUT2D eigenvalue weighted by Gasteiger charge is -2.12. The van der Waals surface area contributed by atoms with Crippen molar-refractivity contribution in [3.63, 3.8) is 0 Å². The molecule has 8 nitrogen and oxygen atoms in total. The number of benzene rings is 4. The van der Waals surface area contributed by atoms with Crippen molar-refractivity contribution in [2.24, 2.45) is 5.10 Å². The van der Waals surface area contributed by atoms with Gasteiger partial charge in [-0.05, 0) is 117 Å². The van der Waals surface area contributed by atoms with Gasteiger partial charge in [-0.25, -0.2) is 9.37 Å². The van der Waals surface area contributed by atoms with Crippen LogP contribution >= 0.6 is 56.8 Å². The van der Waals surface area contributed by atoms with Crippen molar-refractivity contribution in [2.45, 2.75) is 0 Å². The van der Waals surface area contributed by atoms with Crippen LogP contribution in [0.15, 0.2) is 99.2 Å². The molecule has 0 atom stereocenters. The van der Waals surface area contributed by atoms with E-state index in [9.17, 15) is 14.0 Å². The number of halogens is 4. The maximum atomic E-state index is 13.6. The van der Waals surface area contributed by atoms with Crippen LogP contribution in [0.3, 0.4) is 0 Å². The quantitative estimate of drug-likeness (QED) is 0.132. The third-order valence-corrected chi connectivity index (χ3v) is 8.09. The van der Waals surface area contributed by atoms with Gasteiger partial charge in [0.2, 0.25) is 5.82 Å². The van der Waals surface area contributed by atoms with E-state index >= 15 is 0 Å². The molecule has 0 saturated heterocycles. The molecule has 43 heavy (non-hydrogen) atoms. The van der Waals surface area contributed by atoms with E-state index in [1.165, 1.54) is 22.9 Å². The maximum absolute atomic E-state index is 13.6. The smallest absolute Gasteiger partial charge is 0.282 e.